The molecule has 0 bridgehead atoms. The lowest BCUT2D eigenvalue weighted by Crippen LogP contribution is -2.41. The summed E-state index contributed by atoms with van der Waals surface area (Å²) in [5, 5.41) is 2.69. The molecule has 0 aliphatic carbocycles. The topological polar surface area (TPSA) is 81.7 Å². The maximum Gasteiger partial charge on any atom is 0.407 e. The standard InChI is InChI=1S/C16H29NO5/c1-7-13(18)9-11(2)8-12(10-14(19)21-6)17-15(20)22-16(3,4)5/h11-12H,7-10H2,1-6H3,(H,17,20)/t11?,12-/m1/s1. The maximum atomic E-state index is 11.8. The minimum atomic E-state index is -0.607. The normalized spacial score (nSPS) is 13.9. The van der Waals surface area contributed by atoms with Crippen LogP contribution in [-0.2, 0) is 19.1 Å². The Labute approximate surface area is 132 Å². The molecule has 0 aromatic heterocycles. The van der Waals surface area contributed by atoms with Crippen molar-refractivity contribution in [1.82, 2.24) is 5.32 Å². The predicted octanol–water partition coefficient (Wildman–Crippen LogP) is 2.84. The molecule has 0 aromatic rings. The lowest BCUT2D eigenvalue weighted by Gasteiger charge is -2.24. The van der Waals surface area contributed by atoms with Crippen molar-refractivity contribution in [2.24, 2.45) is 5.92 Å². The molecule has 6 nitrogen and oxygen atoms in total. The van der Waals surface area contributed by atoms with Crippen LogP contribution in [0.1, 0.15) is 60.3 Å². The van der Waals surface area contributed by atoms with Crippen LogP contribution in [0.25, 0.3) is 0 Å². The van der Waals surface area contributed by atoms with Gasteiger partial charge < -0.3 is 14.8 Å². The summed E-state index contributed by atoms with van der Waals surface area (Å²) >= 11 is 0. The van der Waals surface area contributed by atoms with Gasteiger partial charge >= 0.3 is 12.1 Å². The zero-order valence-corrected chi connectivity index (χ0v) is 14.5. The van der Waals surface area contributed by atoms with E-state index in [9.17, 15) is 14.4 Å². The van der Waals surface area contributed by atoms with Crippen molar-refractivity contribution in [3.63, 3.8) is 0 Å². The number of rotatable bonds is 8. The molecule has 0 saturated carbocycles. The number of Topliss-reactive ketones (excluding diaryl/α,β-unsaturated/α-hetero) is 1. The fourth-order valence-electron chi connectivity index (χ4n) is 2.05. The second-order valence-corrected chi connectivity index (χ2v) is 6.56. The van der Waals surface area contributed by atoms with Gasteiger partial charge in [0.1, 0.15) is 11.4 Å². The van der Waals surface area contributed by atoms with E-state index in [-0.39, 0.29) is 18.1 Å². The molecule has 0 rings (SSSR count). The first-order chi connectivity index (χ1) is 10.1. The highest BCUT2D eigenvalue weighted by atomic mass is 16.6. The van der Waals surface area contributed by atoms with Gasteiger partial charge in [-0.1, -0.05) is 13.8 Å². The summed E-state index contributed by atoms with van der Waals surface area (Å²) in [7, 11) is 1.30. The van der Waals surface area contributed by atoms with Crippen molar-refractivity contribution in [1.29, 1.82) is 0 Å². The van der Waals surface area contributed by atoms with Gasteiger partial charge in [-0.2, -0.15) is 0 Å². The van der Waals surface area contributed by atoms with Gasteiger partial charge in [0.05, 0.1) is 13.5 Å². The fourth-order valence-corrected chi connectivity index (χ4v) is 2.05. The Hall–Kier alpha value is -1.59. The van der Waals surface area contributed by atoms with Crippen LogP contribution >= 0.6 is 0 Å². The van der Waals surface area contributed by atoms with E-state index in [0.29, 0.717) is 19.3 Å². The van der Waals surface area contributed by atoms with Crippen LogP contribution in [-0.4, -0.2) is 36.6 Å². The smallest absolute Gasteiger partial charge is 0.407 e. The van der Waals surface area contributed by atoms with Crippen LogP contribution in [0.5, 0.6) is 0 Å². The molecule has 0 aliphatic heterocycles. The van der Waals surface area contributed by atoms with E-state index in [0.717, 1.165) is 0 Å². The van der Waals surface area contributed by atoms with E-state index in [1.807, 2.05) is 13.8 Å². The zero-order valence-electron chi connectivity index (χ0n) is 14.5. The van der Waals surface area contributed by atoms with E-state index in [2.05, 4.69) is 10.1 Å². The number of ketones is 1. The number of methoxy groups -OCH3 is 1. The van der Waals surface area contributed by atoms with Crippen molar-refractivity contribution < 1.29 is 23.9 Å². The Bertz CT molecular complexity index is 386. The highest BCUT2D eigenvalue weighted by Gasteiger charge is 2.23. The van der Waals surface area contributed by atoms with E-state index < -0.39 is 23.7 Å². The minimum Gasteiger partial charge on any atom is -0.469 e. The summed E-state index contributed by atoms with van der Waals surface area (Å²) in [6, 6.07) is -0.415. The summed E-state index contributed by atoms with van der Waals surface area (Å²) in [5.74, 6) is -0.172. The zero-order chi connectivity index (χ0) is 17.3. The van der Waals surface area contributed by atoms with Gasteiger partial charge in [-0.25, -0.2) is 4.79 Å². The van der Waals surface area contributed by atoms with Crippen LogP contribution in [0.3, 0.4) is 0 Å². The number of esters is 1. The summed E-state index contributed by atoms with van der Waals surface area (Å²) in [6.07, 6.45) is 0.923. The van der Waals surface area contributed by atoms with E-state index in [1.165, 1.54) is 7.11 Å². The second-order valence-electron chi connectivity index (χ2n) is 6.56. The van der Waals surface area contributed by atoms with E-state index in [4.69, 9.17) is 4.74 Å². The quantitative estimate of drug-likeness (QED) is 0.696. The average Bonchev–Trinajstić information content (AvgIpc) is 2.35. The third-order valence-corrected chi connectivity index (χ3v) is 3.02. The van der Waals surface area contributed by atoms with Gasteiger partial charge in [-0.3, -0.25) is 9.59 Å². The van der Waals surface area contributed by atoms with Crippen LogP contribution in [0.2, 0.25) is 0 Å². The summed E-state index contributed by atoms with van der Waals surface area (Å²) < 4.78 is 9.85. The number of carbonyl (C=O) groups excluding carboxylic acids is 3. The van der Waals surface area contributed by atoms with Gasteiger partial charge in [0, 0.05) is 18.9 Å². The summed E-state index contributed by atoms with van der Waals surface area (Å²) in [4.78, 5) is 34.8. The van der Waals surface area contributed by atoms with Crippen LogP contribution in [0.4, 0.5) is 4.79 Å². The molecular weight excluding hydrogens is 286 g/mol. The van der Waals surface area contributed by atoms with Gasteiger partial charge in [-0.15, -0.1) is 0 Å². The number of carbonyl (C=O) groups is 3. The first-order valence-corrected chi connectivity index (χ1v) is 7.65. The van der Waals surface area contributed by atoms with Crippen molar-refractivity contribution >= 4 is 17.8 Å². The number of ether oxygens (including phenoxy) is 2. The minimum absolute atomic E-state index is 0.0560. The average molecular weight is 315 g/mol. The number of hydrogen-bond acceptors (Lipinski definition) is 5. The molecule has 6 heteroatoms. The van der Waals surface area contributed by atoms with Crippen molar-refractivity contribution in [3.05, 3.63) is 0 Å². The molecule has 1 unspecified atom stereocenters. The van der Waals surface area contributed by atoms with Gasteiger partial charge in [0.25, 0.3) is 0 Å². The van der Waals surface area contributed by atoms with Crippen molar-refractivity contribution in [2.75, 3.05) is 7.11 Å². The molecule has 2 atom stereocenters. The Morgan fingerprint density at radius 2 is 1.73 bits per heavy atom. The Balaban J connectivity index is 4.65. The van der Waals surface area contributed by atoms with Crippen molar-refractivity contribution in [2.45, 2.75) is 71.9 Å². The Morgan fingerprint density at radius 3 is 2.18 bits per heavy atom. The van der Waals surface area contributed by atoms with Crippen LogP contribution in [0, 0.1) is 5.92 Å². The third-order valence-electron chi connectivity index (χ3n) is 3.02. The molecule has 0 aromatic carbocycles. The number of alkyl carbamates (subject to hydrolysis) is 1. The molecule has 1 amide bonds. The Morgan fingerprint density at radius 1 is 1.14 bits per heavy atom. The molecule has 22 heavy (non-hydrogen) atoms. The molecule has 0 spiro atoms. The number of amides is 1. The van der Waals surface area contributed by atoms with Gasteiger partial charge in [0.15, 0.2) is 0 Å². The monoisotopic (exact) mass is 315 g/mol. The lowest BCUT2D eigenvalue weighted by atomic mass is 9.94. The first-order valence-electron chi connectivity index (χ1n) is 7.65. The molecule has 0 heterocycles. The van der Waals surface area contributed by atoms with E-state index in [1.54, 1.807) is 20.8 Å². The molecule has 128 valence electrons. The maximum absolute atomic E-state index is 11.8. The second kappa shape index (κ2) is 9.43. The highest BCUT2D eigenvalue weighted by Crippen LogP contribution is 2.16. The first kappa shape index (κ1) is 20.4. The molecule has 0 saturated heterocycles. The van der Waals surface area contributed by atoms with E-state index >= 15 is 0 Å². The summed E-state index contributed by atoms with van der Waals surface area (Å²) in [6.45, 7) is 9.05. The molecular formula is C16H29NO5. The number of nitrogens with one attached hydrogen (secondary N) is 1. The van der Waals surface area contributed by atoms with Gasteiger partial charge in [0.2, 0.25) is 0 Å². The molecule has 1 N–H and O–H groups in total. The predicted molar refractivity (Wildman–Crippen MR) is 83.5 cm³/mol. The largest absolute Gasteiger partial charge is 0.469 e. The highest BCUT2D eigenvalue weighted by molar-refractivity contribution is 5.78. The lowest BCUT2D eigenvalue weighted by molar-refractivity contribution is -0.141. The molecule has 0 radical (unpaired) electrons. The van der Waals surface area contributed by atoms with Crippen LogP contribution < -0.4 is 5.32 Å². The van der Waals surface area contributed by atoms with Crippen LogP contribution in [0.15, 0.2) is 0 Å². The number of hydrogen-bond donors (Lipinski definition) is 1. The third kappa shape index (κ3) is 10.2. The SMILES string of the molecule is CCC(=O)CC(C)C[C@H](CC(=O)OC)NC(=O)OC(C)(C)C. The van der Waals surface area contributed by atoms with Crippen molar-refractivity contribution in [3.8, 4) is 0 Å². The summed E-state index contributed by atoms with van der Waals surface area (Å²) in [5.41, 5.74) is -0.607. The molecule has 0 fully saturated rings. The fraction of sp³-hybridized carbons (Fsp3) is 0.812. The van der Waals surface area contributed by atoms with Gasteiger partial charge in [-0.05, 0) is 33.1 Å². The molecule has 0 aliphatic rings. The Kier molecular flexibility index (Phi) is 8.75.